The molecule has 0 saturated carbocycles. The Morgan fingerprint density at radius 1 is 0.816 bits per heavy atom. The van der Waals surface area contributed by atoms with E-state index < -0.39 is 6.10 Å². The number of hydroxylamine groups is 2. The van der Waals surface area contributed by atoms with E-state index in [1.807, 2.05) is 32.2 Å². The average molecular weight is 503 g/mol. The van der Waals surface area contributed by atoms with Crippen LogP contribution in [-0.2, 0) is 4.84 Å². The summed E-state index contributed by atoms with van der Waals surface area (Å²) in [7, 11) is 0. The molecule has 2 aromatic heterocycles. The standard InChI is InChI=1S/C32H30N4O2/c1-17-13-19(3)25(20(4)14-17)30-27-28-23(9-7-11-33-28)24-10-8-12-34-29(24)31(27)38-36(30)32(35-37)26-21(5)15-18(2)16-22(26)6/h7-16,31,37H,1-6H3/b35-32+. The molecular formula is C32H30N4O2. The van der Waals surface area contributed by atoms with Crippen molar-refractivity contribution < 1.29 is 10.0 Å². The lowest BCUT2D eigenvalue weighted by Gasteiger charge is -2.26. The number of nitrogens with zero attached hydrogens (tertiary/aromatic N) is 4. The maximum absolute atomic E-state index is 10.5. The van der Waals surface area contributed by atoms with Crippen LogP contribution in [-0.4, -0.2) is 26.1 Å². The number of hydrogen-bond donors (Lipinski definition) is 1. The van der Waals surface area contributed by atoms with E-state index in [1.54, 1.807) is 11.3 Å². The van der Waals surface area contributed by atoms with Crippen molar-refractivity contribution in [2.45, 2.75) is 47.6 Å². The Morgan fingerprint density at radius 3 is 2.03 bits per heavy atom. The number of amidine groups is 1. The predicted molar refractivity (Wildman–Crippen MR) is 150 cm³/mol. The minimum Gasteiger partial charge on any atom is -0.409 e. The van der Waals surface area contributed by atoms with E-state index in [4.69, 9.17) is 14.8 Å². The van der Waals surface area contributed by atoms with Crippen molar-refractivity contribution in [2.24, 2.45) is 5.16 Å². The topological polar surface area (TPSA) is 70.8 Å². The molecule has 6 nitrogen and oxygen atoms in total. The molecule has 1 atom stereocenters. The summed E-state index contributed by atoms with van der Waals surface area (Å²) in [4.78, 5) is 16.4. The summed E-state index contributed by atoms with van der Waals surface area (Å²) in [5.41, 5.74) is 13.9. The molecule has 0 bridgehead atoms. The Hall–Kier alpha value is -4.29. The van der Waals surface area contributed by atoms with Crippen LogP contribution in [0, 0.1) is 41.5 Å². The first-order valence-electron chi connectivity index (χ1n) is 12.8. The third kappa shape index (κ3) is 3.56. The molecule has 1 aliphatic carbocycles. The van der Waals surface area contributed by atoms with Gasteiger partial charge in [-0.05, 0) is 75.9 Å². The fraction of sp³-hybridized carbons (Fsp3) is 0.219. The van der Waals surface area contributed by atoms with E-state index in [0.717, 1.165) is 72.7 Å². The largest absolute Gasteiger partial charge is 0.409 e. The zero-order valence-electron chi connectivity index (χ0n) is 22.5. The van der Waals surface area contributed by atoms with Crippen molar-refractivity contribution in [3.63, 3.8) is 0 Å². The quantitative estimate of drug-likeness (QED) is 0.138. The van der Waals surface area contributed by atoms with Crippen molar-refractivity contribution in [2.75, 3.05) is 0 Å². The minimum atomic E-state index is -0.508. The van der Waals surface area contributed by atoms with Gasteiger partial charge in [0.15, 0.2) is 6.10 Å². The fourth-order valence-corrected chi connectivity index (χ4v) is 6.23. The summed E-state index contributed by atoms with van der Waals surface area (Å²) < 4.78 is 0. The Kier molecular flexibility index (Phi) is 5.65. The van der Waals surface area contributed by atoms with Gasteiger partial charge in [-0.3, -0.25) is 14.8 Å². The predicted octanol–water partition coefficient (Wildman–Crippen LogP) is 7.00. The first-order chi connectivity index (χ1) is 18.3. The van der Waals surface area contributed by atoms with Gasteiger partial charge < -0.3 is 5.21 Å². The minimum absolute atomic E-state index is 0.339. The van der Waals surface area contributed by atoms with Gasteiger partial charge in [-0.1, -0.05) is 52.7 Å². The summed E-state index contributed by atoms with van der Waals surface area (Å²) in [6.45, 7) is 12.5. The Balaban J connectivity index is 1.70. The number of fused-ring (bicyclic) bond motifs is 6. The van der Waals surface area contributed by atoms with Crippen molar-refractivity contribution in [1.82, 2.24) is 15.0 Å². The SMILES string of the molecule is Cc1cc(C)c(C2=C3c4ncccc4-c4cccnc4C3ON2/C(=N/O)c2c(C)cc(C)cc2C)c(C)c1. The van der Waals surface area contributed by atoms with Crippen molar-refractivity contribution in [3.05, 3.63) is 117 Å². The van der Waals surface area contributed by atoms with Gasteiger partial charge in [0, 0.05) is 40.2 Å². The van der Waals surface area contributed by atoms with Gasteiger partial charge in [0.2, 0.25) is 5.84 Å². The summed E-state index contributed by atoms with van der Waals surface area (Å²) in [5.74, 6) is 0.339. The smallest absolute Gasteiger partial charge is 0.204 e. The molecule has 0 spiro atoms. The lowest BCUT2D eigenvalue weighted by atomic mass is 9.83. The highest BCUT2D eigenvalue weighted by Crippen LogP contribution is 2.54. The van der Waals surface area contributed by atoms with E-state index in [0.29, 0.717) is 5.84 Å². The van der Waals surface area contributed by atoms with Crippen LogP contribution in [0.2, 0.25) is 0 Å². The molecule has 2 aromatic carbocycles. The number of pyridine rings is 2. The van der Waals surface area contributed by atoms with Crippen LogP contribution in [0.25, 0.3) is 22.4 Å². The van der Waals surface area contributed by atoms with E-state index in [-0.39, 0.29) is 0 Å². The Bertz CT molecular complexity index is 1640. The number of benzene rings is 2. The lowest BCUT2D eigenvalue weighted by molar-refractivity contribution is -0.0692. The van der Waals surface area contributed by atoms with Gasteiger partial charge in [0.25, 0.3) is 0 Å². The van der Waals surface area contributed by atoms with E-state index in [1.165, 1.54) is 5.56 Å². The maximum Gasteiger partial charge on any atom is 0.204 e. The highest BCUT2D eigenvalue weighted by Gasteiger charge is 2.45. The normalized spacial score (nSPS) is 16.4. The van der Waals surface area contributed by atoms with Crippen molar-refractivity contribution >= 4 is 17.1 Å². The molecule has 1 aliphatic heterocycles. The molecule has 0 radical (unpaired) electrons. The molecule has 2 aliphatic rings. The number of aryl methyl sites for hydroxylation is 6. The molecule has 190 valence electrons. The Morgan fingerprint density at radius 2 is 1.39 bits per heavy atom. The number of rotatable bonds is 2. The zero-order chi connectivity index (χ0) is 26.7. The third-order valence-corrected chi connectivity index (χ3v) is 7.47. The molecule has 0 fully saturated rings. The molecule has 6 rings (SSSR count). The monoisotopic (exact) mass is 502 g/mol. The van der Waals surface area contributed by atoms with Crippen molar-refractivity contribution in [1.29, 1.82) is 0 Å². The third-order valence-electron chi connectivity index (χ3n) is 7.47. The van der Waals surface area contributed by atoms with Crippen LogP contribution < -0.4 is 0 Å². The molecule has 6 heteroatoms. The van der Waals surface area contributed by atoms with E-state index in [9.17, 15) is 5.21 Å². The maximum atomic E-state index is 10.5. The second kappa shape index (κ2) is 8.92. The summed E-state index contributed by atoms with van der Waals surface area (Å²) in [5, 5.41) is 16.1. The average Bonchev–Trinajstić information content (AvgIpc) is 3.26. The van der Waals surface area contributed by atoms with Crippen LogP contribution in [0.1, 0.15) is 62.0 Å². The highest BCUT2D eigenvalue weighted by atomic mass is 16.7. The molecule has 4 aromatic rings. The number of oxime groups is 1. The second-order valence-electron chi connectivity index (χ2n) is 10.3. The molecule has 0 amide bonds. The molecule has 0 saturated heterocycles. The van der Waals surface area contributed by atoms with Gasteiger partial charge in [-0.15, -0.1) is 0 Å². The highest BCUT2D eigenvalue weighted by molar-refractivity contribution is 6.11. The van der Waals surface area contributed by atoms with Gasteiger partial charge in [0.1, 0.15) is 0 Å². The fourth-order valence-electron chi connectivity index (χ4n) is 6.23. The Labute approximate surface area is 222 Å². The van der Waals surface area contributed by atoms with Gasteiger partial charge in [-0.25, -0.2) is 0 Å². The molecular weight excluding hydrogens is 472 g/mol. The van der Waals surface area contributed by atoms with Crippen LogP contribution in [0.3, 0.4) is 0 Å². The summed E-state index contributed by atoms with van der Waals surface area (Å²) in [6.07, 6.45) is 3.10. The van der Waals surface area contributed by atoms with Gasteiger partial charge >= 0.3 is 0 Å². The molecule has 3 heterocycles. The second-order valence-corrected chi connectivity index (χ2v) is 10.3. The van der Waals surface area contributed by atoms with E-state index in [2.05, 4.69) is 69.2 Å². The van der Waals surface area contributed by atoms with Gasteiger partial charge in [0.05, 0.1) is 17.1 Å². The van der Waals surface area contributed by atoms with Crippen molar-refractivity contribution in [3.8, 4) is 11.1 Å². The zero-order valence-corrected chi connectivity index (χ0v) is 22.5. The molecule has 1 unspecified atom stereocenters. The first kappa shape index (κ1) is 24.1. The van der Waals surface area contributed by atoms with Gasteiger partial charge in [-0.2, -0.15) is 5.06 Å². The van der Waals surface area contributed by atoms with Crippen LogP contribution >= 0.6 is 0 Å². The molecule has 38 heavy (non-hydrogen) atoms. The van der Waals surface area contributed by atoms with Crippen LogP contribution in [0.4, 0.5) is 0 Å². The molecule has 1 N–H and O–H groups in total. The van der Waals surface area contributed by atoms with Crippen LogP contribution in [0.15, 0.2) is 66.1 Å². The van der Waals surface area contributed by atoms with E-state index >= 15 is 0 Å². The number of hydrogen-bond acceptors (Lipinski definition) is 5. The number of aromatic nitrogens is 2. The lowest BCUT2D eigenvalue weighted by Crippen LogP contribution is -2.30. The first-order valence-corrected chi connectivity index (χ1v) is 12.8. The summed E-state index contributed by atoms with van der Waals surface area (Å²) >= 11 is 0. The summed E-state index contributed by atoms with van der Waals surface area (Å²) in [6, 6.07) is 16.6. The van der Waals surface area contributed by atoms with Crippen LogP contribution in [0.5, 0.6) is 0 Å².